The highest BCUT2D eigenvalue weighted by Crippen LogP contribution is 2.10. The minimum atomic E-state index is -0.609. The summed E-state index contributed by atoms with van der Waals surface area (Å²) in [5.74, 6) is -0.609. The lowest BCUT2D eigenvalue weighted by Crippen LogP contribution is -2.06. The van der Waals surface area contributed by atoms with E-state index in [1.54, 1.807) is 0 Å². The van der Waals surface area contributed by atoms with E-state index < -0.39 is 5.97 Å². The van der Waals surface area contributed by atoms with Crippen LogP contribution in [0, 0.1) is 18.3 Å². The predicted molar refractivity (Wildman–Crippen MR) is 81.0 cm³/mol. The molecule has 0 saturated heterocycles. The van der Waals surface area contributed by atoms with E-state index in [0.717, 1.165) is 16.7 Å². The normalized spacial score (nSPS) is 10.8. The molecule has 0 unspecified atom stereocenters. The minimum absolute atomic E-state index is 0.00619. The van der Waals surface area contributed by atoms with Gasteiger partial charge in [0.25, 0.3) is 0 Å². The topological polar surface area (TPSA) is 50.1 Å². The second-order valence-electron chi connectivity index (χ2n) is 4.64. The van der Waals surface area contributed by atoms with Crippen LogP contribution in [-0.2, 0) is 16.1 Å². The highest BCUT2D eigenvalue weighted by molar-refractivity contribution is 5.97. The first-order chi connectivity index (χ1) is 10.2. The van der Waals surface area contributed by atoms with Crippen LogP contribution in [0.2, 0.25) is 0 Å². The summed E-state index contributed by atoms with van der Waals surface area (Å²) >= 11 is 0. The van der Waals surface area contributed by atoms with Gasteiger partial charge in [-0.15, -0.1) is 0 Å². The van der Waals surface area contributed by atoms with Crippen LogP contribution in [0.4, 0.5) is 0 Å². The Morgan fingerprint density at radius 2 is 1.81 bits per heavy atom. The Morgan fingerprint density at radius 1 is 1.14 bits per heavy atom. The van der Waals surface area contributed by atoms with Gasteiger partial charge in [0.1, 0.15) is 18.2 Å². The molecule has 0 heterocycles. The number of carbonyl (C=O) groups excluding carboxylic acids is 1. The van der Waals surface area contributed by atoms with E-state index in [9.17, 15) is 4.79 Å². The maximum absolute atomic E-state index is 11.9. The molecule has 2 aromatic rings. The summed E-state index contributed by atoms with van der Waals surface area (Å²) in [7, 11) is 0. The molecule has 0 N–H and O–H groups in total. The van der Waals surface area contributed by atoms with Gasteiger partial charge in [-0.05, 0) is 24.1 Å². The Balaban J connectivity index is 2.03. The predicted octanol–water partition coefficient (Wildman–Crippen LogP) is 3.65. The van der Waals surface area contributed by atoms with Crippen LogP contribution in [-0.4, -0.2) is 5.97 Å². The molecule has 104 valence electrons. The van der Waals surface area contributed by atoms with E-state index >= 15 is 0 Å². The van der Waals surface area contributed by atoms with Gasteiger partial charge in [0.2, 0.25) is 0 Å². The first-order valence-corrected chi connectivity index (χ1v) is 6.58. The minimum Gasteiger partial charge on any atom is -0.457 e. The number of aryl methyl sites for hydroxylation is 1. The zero-order valence-electron chi connectivity index (χ0n) is 11.7. The SMILES string of the molecule is Cc1ccc(COC(=O)C(C#N)=Cc2ccccc2)cc1. The summed E-state index contributed by atoms with van der Waals surface area (Å²) in [4.78, 5) is 11.9. The fraction of sp³-hybridized carbons (Fsp3) is 0.111. The van der Waals surface area contributed by atoms with Crippen molar-refractivity contribution in [2.45, 2.75) is 13.5 Å². The summed E-state index contributed by atoms with van der Waals surface area (Å²) in [6.45, 7) is 2.15. The Kier molecular flexibility index (Phi) is 4.89. The fourth-order valence-electron chi connectivity index (χ4n) is 1.76. The Labute approximate surface area is 124 Å². The van der Waals surface area contributed by atoms with Crippen LogP contribution in [0.25, 0.3) is 6.08 Å². The molecule has 0 saturated carbocycles. The van der Waals surface area contributed by atoms with Crippen molar-refractivity contribution in [3.05, 3.63) is 76.9 Å². The summed E-state index contributed by atoms with van der Waals surface area (Å²) in [6, 6.07) is 18.8. The van der Waals surface area contributed by atoms with E-state index in [1.807, 2.05) is 67.6 Å². The molecule has 0 aliphatic rings. The molecule has 0 fully saturated rings. The highest BCUT2D eigenvalue weighted by atomic mass is 16.5. The second-order valence-corrected chi connectivity index (χ2v) is 4.64. The van der Waals surface area contributed by atoms with Crippen LogP contribution < -0.4 is 0 Å². The van der Waals surface area contributed by atoms with Crippen LogP contribution in [0.15, 0.2) is 60.2 Å². The van der Waals surface area contributed by atoms with Gasteiger partial charge in [0, 0.05) is 0 Å². The Morgan fingerprint density at radius 3 is 2.43 bits per heavy atom. The van der Waals surface area contributed by atoms with Crippen molar-refractivity contribution >= 4 is 12.0 Å². The molecular formula is C18H15NO2. The third kappa shape index (κ3) is 4.32. The van der Waals surface area contributed by atoms with Crippen molar-refractivity contribution in [3.63, 3.8) is 0 Å². The lowest BCUT2D eigenvalue weighted by Gasteiger charge is -2.04. The smallest absolute Gasteiger partial charge is 0.349 e. The number of hydrogen-bond donors (Lipinski definition) is 0. The maximum Gasteiger partial charge on any atom is 0.349 e. The van der Waals surface area contributed by atoms with Crippen LogP contribution in [0.1, 0.15) is 16.7 Å². The monoisotopic (exact) mass is 277 g/mol. The average molecular weight is 277 g/mol. The molecule has 21 heavy (non-hydrogen) atoms. The largest absolute Gasteiger partial charge is 0.457 e. The van der Waals surface area contributed by atoms with Crippen molar-refractivity contribution in [1.82, 2.24) is 0 Å². The van der Waals surface area contributed by atoms with Crippen molar-refractivity contribution in [3.8, 4) is 6.07 Å². The summed E-state index contributed by atoms with van der Waals surface area (Å²) < 4.78 is 5.16. The number of carbonyl (C=O) groups is 1. The van der Waals surface area contributed by atoms with Crippen molar-refractivity contribution in [1.29, 1.82) is 5.26 Å². The zero-order valence-corrected chi connectivity index (χ0v) is 11.7. The molecule has 0 atom stereocenters. The van der Waals surface area contributed by atoms with Crippen LogP contribution >= 0.6 is 0 Å². The number of esters is 1. The number of rotatable bonds is 4. The van der Waals surface area contributed by atoms with Crippen molar-refractivity contribution in [2.24, 2.45) is 0 Å². The molecular weight excluding hydrogens is 262 g/mol. The number of nitriles is 1. The summed E-state index contributed by atoms with van der Waals surface area (Å²) in [6.07, 6.45) is 1.53. The molecule has 3 heteroatoms. The molecule has 0 aliphatic carbocycles. The van der Waals surface area contributed by atoms with Gasteiger partial charge in [-0.1, -0.05) is 60.2 Å². The molecule has 0 radical (unpaired) electrons. The lowest BCUT2D eigenvalue weighted by atomic mass is 10.1. The van der Waals surface area contributed by atoms with E-state index in [0.29, 0.717) is 0 Å². The standard InChI is InChI=1S/C18H15NO2/c1-14-7-9-16(10-8-14)13-21-18(20)17(12-19)11-15-5-3-2-4-6-15/h2-11H,13H2,1H3. The van der Waals surface area contributed by atoms with Gasteiger partial charge >= 0.3 is 5.97 Å². The van der Waals surface area contributed by atoms with Crippen molar-refractivity contribution in [2.75, 3.05) is 0 Å². The lowest BCUT2D eigenvalue weighted by molar-refractivity contribution is -0.139. The van der Waals surface area contributed by atoms with E-state index in [1.165, 1.54) is 6.08 Å². The number of ether oxygens (including phenoxy) is 1. The fourth-order valence-corrected chi connectivity index (χ4v) is 1.76. The zero-order chi connectivity index (χ0) is 15.1. The maximum atomic E-state index is 11.9. The number of nitrogens with zero attached hydrogens (tertiary/aromatic N) is 1. The molecule has 0 amide bonds. The third-order valence-electron chi connectivity index (χ3n) is 2.94. The summed E-state index contributed by atoms with van der Waals surface area (Å²) in [5.41, 5.74) is 2.83. The Bertz CT molecular complexity index is 679. The molecule has 3 nitrogen and oxygen atoms in total. The third-order valence-corrected chi connectivity index (χ3v) is 2.94. The van der Waals surface area contributed by atoms with E-state index in [-0.39, 0.29) is 12.2 Å². The van der Waals surface area contributed by atoms with Crippen molar-refractivity contribution < 1.29 is 9.53 Å². The summed E-state index contributed by atoms with van der Waals surface area (Å²) in [5, 5.41) is 9.07. The number of benzene rings is 2. The van der Waals surface area contributed by atoms with Gasteiger partial charge in [-0.3, -0.25) is 0 Å². The van der Waals surface area contributed by atoms with Gasteiger partial charge < -0.3 is 4.74 Å². The van der Waals surface area contributed by atoms with E-state index in [2.05, 4.69) is 0 Å². The van der Waals surface area contributed by atoms with E-state index in [4.69, 9.17) is 10.00 Å². The first-order valence-electron chi connectivity index (χ1n) is 6.58. The molecule has 0 bridgehead atoms. The van der Waals surface area contributed by atoms with Crippen LogP contribution in [0.5, 0.6) is 0 Å². The molecule has 0 spiro atoms. The van der Waals surface area contributed by atoms with Gasteiger partial charge in [-0.2, -0.15) is 5.26 Å². The molecule has 2 aromatic carbocycles. The van der Waals surface area contributed by atoms with Gasteiger partial charge in [0.15, 0.2) is 0 Å². The average Bonchev–Trinajstić information content (AvgIpc) is 2.52. The molecule has 0 aromatic heterocycles. The molecule has 2 rings (SSSR count). The van der Waals surface area contributed by atoms with Gasteiger partial charge in [0.05, 0.1) is 0 Å². The first kappa shape index (κ1) is 14.5. The van der Waals surface area contributed by atoms with Crippen LogP contribution in [0.3, 0.4) is 0 Å². The Hall–Kier alpha value is -2.86. The second kappa shape index (κ2) is 7.06. The quantitative estimate of drug-likeness (QED) is 0.487. The molecule has 0 aliphatic heterocycles. The van der Waals surface area contributed by atoms with Gasteiger partial charge in [-0.25, -0.2) is 4.79 Å². The highest BCUT2D eigenvalue weighted by Gasteiger charge is 2.10. The number of hydrogen-bond acceptors (Lipinski definition) is 3.